The van der Waals surface area contributed by atoms with Gasteiger partial charge in [0.25, 0.3) is 0 Å². The van der Waals surface area contributed by atoms with Gasteiger partial charge in [0.1, 0.15) is 16.5 Å². The van der Waals surface area contributed by atoms with Gasteiger partial charge in [0.2, 0.25) is 0 Å². The highest BCUT2D eigenvalue weighted by atomic mass is 32.1. The Morgan fingerprint density at radius 2 is 2.00 bits per heavy atom. The average molecular weight is 208 g/mol. The van der Waals surface area contributed by atoms with Gasteiger partial charge < -0.3 is 10.2 Å². The van der Waals surface area contributed by atoms with Crippen LogP contribution in [0.5, 0.6) is 11.5 Å². The fraction of sp³-hybridized carbons (Fsp3) is 0.111. The van der Waals surface area contributed by atoms with Crippen LogP contribution < -0.4 is 0 Å². The summed E-state index contributed by atoms with van der Waals surface area (Å²) < 4.78 is 0. The minimum absolute atomic E-state index is 0.0150. The van der Waals surface area contributed by atoms with Crippen molar-refractivity contribution in [1.82, 2.24) is 10.2 Å². The first-order valence-corrected chi connectivity index (χ1v) is 4.81. The van der Waals surface area contributed by atoms with E-state index in [2.05, 4.69) is 10.2 Å². The van der Waals surface area contributed by atoms with Crippen LogP contribution in [0.25, 0.3) is 10.6 Å². The minimum atomic E-state index is 0.0150. The number of phenolic OH excluding ortho intramolecular Hbond substituents is 2. The van der Waals surface area contributed by atoms with E-state index in [-0.39, 0.29) is 11.5 Å². The molecule has 0 fully saturated rings. The van der Waals surface area contributed by atoms with E-state index in [1.165, 1.54) is 23.5 Å². The summed E-state index contributed by atoms with van der Waals surface area (Å²) in [6, 6.07) is 4.41. The first-order chi connectivity index (χ1) is 6.66. The van der Waals surface area contributed by atoms with Gasteiger partial charge in [-0.25, -0.2) is 0 Å². The van der Waals surface area contributed by atoms with Gasteiger partial charge in [-0.1, -0.05) is 11.3 Å². The molecule has 1 heterocycles. The first kappa shape index (κ1) is 8.96. The minimum Gasteiger partial charge on any atom is -0.508 e. The van der Waals surface area contributed by atoms with Crippen molar-refractivity contribution in [3.63, 3.8) is 0 Å². The Hall–Kier alpha value is -1.62. The Balaban J connectivity index is 2.52. The van der Waals surface area contributed by atoms with Crippen LogP contribution in [-0.2, 0) is 0 Å². The van der Waals surface area contributed by atoms with Gasteiger partial charge in [-0.3, -0.25) is 0 Å². The molecule has 0 saturated carbocycles. The third kappa shape index (κ3) is 1.54. The van der Waals surface area contributed by atoms with Gasteiger partial charge in [0, 0.05) is 6.07 Å². The second kappa shape index (κ2) is 3.26. The molecular formula is C9H8N2O2S. The van der Waals surface area contributed by atoms with Crippen LogP contribution in [-0.4, -0.2) is 20.4 Å². The van der Waals surface area contributed by atoms with Crippen LogP contribution in [0.3, 0.4) is 0 Å². The third-order valence-electron chi connectivity index (χ3n) is 1.74. The van der Waals surface area contributed by atoms with E-state index >= 15 is 0 Å². The summed E-state index contributed by atoms with van der Waals surface area (Å²) in [6.07, 6.45) is 0. The number of hydrogen-bond donors (Lipinski definition) is 2. The summed E-state index contributed by atoms with van der Waals surface area (Å²) in [6.45, 7) is 1.85. The molecule has 0 spiro atoms. The van der Waals surface area contributed by atoms with Gasteiger partial charge in [-0.15, -0.1) is 10.2 Å². The van der Waals surface area contributed by atoms with Crippen molar-refractivity contribution in [3.05, 3.63) is 23.2 Å². The van der Waals surface area contributed by atoms with Crippen molar-refractivity contribution in [2.24, 2.45) is 0 Å². The molecule has 0 aliphatic carbocycles. The van der Waals surface area contributed by atoms with Crippen molar-refractivity contribution >= 4 is 11.3 Å². The number of rotatable bonds is 1. The fourth-order valence-corrected chi connectivity index (χ4v) is 1.83. The normalized spacial score (nSPS) is 10.4. The molecule has 1 aromatic carbocycles. The summed E-state index contributed by atoms with van der Waals surface area (Å²) in [5, 5.41) is 27.9. The second-order valence-electron chi connectivity index (χ2n) is 2.83. The average Bonchev–Trinajstić information content (AvgIpc) is 2.51. The smallest absolute Gasteiger partial charge is 0.151 e. The van der Waals surface area contributed by atoms with Gasteiger partial charge >= 0.3 is 0 Å². The number of aryl methyl sites for hydroxylation is 1. The SMILES string of the molecule is Cc1nnc(-c2ccc(O)cc2O)s1. The lowest BCUT2D eigenvalue weighted by Gasteiger charge is -1.99. The zero-order chi connectivity index (χ0) is 10.1. The number of aromatic hydroxyl groups is 2. The Kier molecular flexibility index (Phi) is 2.09. The van der Waals surface area contributed by atoms with E-state index in [0.29, 0.717) is 10.6 Å². The van der Waals surface area contributed by atoms with Gasteiger partial charge in [0.05, 0.1) is 5.56 Å². The summed E-state index contributed by atoms with van der Waals surface area (Å²) >= 11 is 1.40. The number of phenols is 2. The highest BCUT2D eigenvalue weighted by molar-refractivity contribution is 7.14. The lowest BCUT2D eigenvalue weighted by atomic mass is 10.2. The molecule has 0 unspecified atom stereocenters. The maximum Gasteiger partial charge on any atom is 0.151 e. The van der Waals surface area contributed by atoms with Gasteiger partial charge in [0.15, 0.2) is 5.01 Å². The Morgan fingerprint density at radius 3 is 2.57 bits per heavy atom. The number of nitrogens with zero attached hydrogens (tertiary/aromatic N) is 2. The fourth-order valence-electron chi connectivity index (χ4n) is 1.11. The topological polar surface area (TPSA) is 66.2 Å². The van der Waals surface area contributed by atoms with Crippen molar-refractivity contribution in [3.8, 4) is 22.1 Å². The molecule has 72 valence electrons. The molecule has 0 aliphatic heterocycles. The molecule has 0 atom stereocenters. The summed E-state index contributed by atoms with van der Waals surface area (Å²) in [4.78, 5) is 0. The molecule has 0 radical (unpaired) electrons. The third-order valence-corrected chi connectivity index (χ3v) is 2.61. The van der Waals surface area contributed by atoms with E-state index in [1.807, 2.05) is 6.92 Å². The Bertz CT molecular complexity index is 468. The van der Waals surface area contributed by atoms with E-state index in [0.717, 1.165) is 5.01 Å². The highest BCUT2D eigenvalue weighted by Crippen LogP contribution is 2.33. The van der Waals surface area contributed by atoms with E-state index in [1.54, 1.807) is 6.07 Å². The van der Waals surface area contributed by atoms with Crippen LogP contribution in [0.1, 0.15) is 5.01 Å². The molecular weight excluding hydrogens is 200 g/mol. The number of benzene rings is 1. The summed E-state index contributed by atoms with van der Waals surface area (Å²) in [5.41, 5.74) is 0.591. The molecule has 0 saturated heterocycles. The summed E-state index contributed by atoms with van der Waals surface area (Å²) in [5.74, 6) is 0.0497. The lowest BCUT2D eigenvalue weighted by molar-refractivity contribution is 0.452. The zero-order valence-corrected chi connectivity index (χ0v) is 8.25. The Morgan fingerprint density at radius 1 is 1.21 bits per heavy atom. The maximum absolute atomic E-state index is 9.53. The van der Waals surface area contributed by atoms with Crippen LogP contribution in [0, 0.1) is 6.92 Å². The van der Waals surface area contributed by atoms with Crippen molar-refractivity contribution in [2.45, 2.75) is 6.92 Å². The van der Waals surface area contributed by atoms with Crippen LogP contribution >= 0.6 is 11.3 Å². The highest BCUT2D eigenvalue weighted by Gasteiger charge is 2.09. The van der Waals surface area contributed by atoms with Crippen molar-refractivity contribution in [2.75, 3.05) is 0 Å². The predicted octanol–water partition coefficient (Wildman–Crippen LogP) is 1.92. The summed E-state index contributed by atoms with van der Waals surface area (Å²) in [7, 11) is 0. The van der Waals surface area contributed by atoms with E-state index in [9.17, 15) is 5.11 Å². The second-order valence-corrected chi connectivity index (χ2v) is 4.01. The molecule has 5 heteroatoms. The van der Waals surface area contributed by atoms with Crippen LogP contribution in [0.2, 0.25) is 0 Å². The molecule has 2 rings (SSSR count). The monoisotopic (exact) mass is 208 g/mol. The van der Waals surface area contributed by atoms with Crippen LogP contribution in [0.4, 0.5) is 0 Å². The van der Waals surface area contributed by atoms with E-state index < -0.39 is 0 Å². The van der Waals surface area contributed by atoms with Crippen molar-refractivity contribution in [1.29, 1.82) is 0 Å². The standard InChI is InChI=1S/C9H8N2O2S/c1-5-10-11-9(14-5)7-3-2-6(12)4-8(7)13/h2-4,12-13H,1H3. The molecule has 0 amide bonds. The predicted molar refractivity (Wildman–Crippen MR) is 53.4 cm³/mol. The first-order valence-electron chi connectivity index (χ1n) is 3.99. The molecule has 0 bridgehead atoms. The largest absolute Gasteiger partial charge is 0.508 e. The van der Waals surface area contributed by atoms with Crippen molar-refractivity contribution < 1.29 is 10.2 Å². The molecule has 2 N–H and O–H groups in total. The van der Waals surface area contributed by atoms with E-state index in [4.69, 9.17) is 5.11 Å². The number of aromatic nitrogens is 2. The molecule has 2 aromatic rings. The van der Waals surface area contributed by atoms with Crippen LogP contribution in [0.15, 0.2) is 18.2 Å². The Labute approximate surface area is 84.5 Å². The maximum atomic E-state index is 9.53. The number of hydrogen-bond acceptors (Lipinski definition) is 5. The van der Waals surface area contributed by atoms with Gasteiger partial charge in [-0.05, 0) is 19.1 Å². The molecule has 1 aromatic heterocycles. The lowest BCUT2D eigenvalue weighted by Crippen LogP contribution is -1.78. The zero-order valence-electron chi connectivity index (χ0n) is 7.43. The molecule has 4 nitrogen and oxygen atoms in total. The molecule has 14 heavy (non-hydrogen) atoms. The quantitative estimate of drug-likeness (QED) is 0.751. The molecule has 0 aliphatic rings. The van der Waals surface area contributed by atoms with Gasteiger partial charge in [-0.2, -0.15) is 0 Å².